The lowest BCUT2D eigenvalue weighted by Crippen LogP contribution is -2.32. The van der Waals surface area contributed by atoms with Gasteiger partial charge in [-0.25, -0.2) is 0 Å². The van der Waals surface area contributed by atoms with Gasteiger partial charge >= 0.3 is 0 Å². The summed E-state index contributed by atoms with van der Waals surface area (Å²) in [6.45, 7) is 10.8. The second-order valence-corrected chi connectivity index (χ2v) is 6.08. The smallest absolute Gasteiger partial charge is 0.0739 e. The molecule has 1 fully saturated rings. The topological polar surface area (TPSA) is 21.1 Å². The number of aryl methyl sites for hydroxylation is 2. The van der Waals surface area contributed by atoms with E-state index in [0.717, 1.165) is 31.2 Å². The van der Waals surface area contributed by atoms with Crippen molar-refractivity contribution in [2.75, 3.05) is 13.1 Å². The Labute approximate surface area is 119 Å². The number of nitrogens with zero attached hydrogens (tertiary/aromatic N) is 3. The van der Waals surface area contributed by atoms with Crippen LogP contribution in [-0.2, 0) is 13.1 Å². The van der Waals surface area contributed by atoms with Gasteiger partial charge in [0, 0.05) is 19.6 Å². The maximum absolute atomic E-state index is 4.57. The van der Waals surface area contributed by atoms with Crippen molar-refractivity contribution in [2.24, 2.45) is 5.92 Å². The first-order valence-corrected chi connectivity index (χ1v) is 7.89. The van der Waals surface area contributed by atoms with Crippen molar-refractivity contribution >= 4 is 15.9 Å². The predicted octanol–water partition coefficient (Wildman–Crippen LogP) is 3.60. The standard InChI is InChI=1S/C14H24BrN3/c1-4-17(9-12-7-6-8-12)10-13-14(15)11(3)16-18(13)5-2/h12H,4-10H2,1-3H3. The minimum Gasteiger partial charge on any atom is -0.297 e. The average molecular weight is 314 g/mol. The van der Waals surface area contributed by atoms with Crippen LogP contribution in [0.3, 0.4) is 0 Å². The predicted molar refractivity (Wildman–Crippen MR) is 78.6 cm³/mol. The average Bonchev–Trinajstić information content (AvgIpc) is 2.59. The van der Waals surface area contributed by atoms with Gasteiger partial charge < -0.3 is 0 Å². The second kappa shape index (κ2) is 6.20. The Bertz CT molecular complexity index is 396. The van der Waals surface area contributed by atoms with Crippen LogP contribution in [0.4, 0.5) is 0 Å². The zero-order valence-electron chi connectivity index (χ0n) is 11.7. The van der Waals surface area contributed by atoms with Crippen molar-refractivity contribution in [2.45, 2.75) is 53.1 Å². The zero-order chi connectivity index (χ0) is 13.1. The van der Waals surface area contributed by atoms with Crippen LogP contribution in [0.25, 0.3) is 0 Å². The van der Waals surface area contributed by atoms with E-state index in [9.17, 15) is 0 Å². The van der Waals surface area contributed by atoms with Gasteiger partial charge in [0.2, 0.25) is 0 Å². The summed E-state index contributed by atoms with van der Waals surface area (Å²) < 4.78 is 3.32. The quantitative estimate of drug-likeness (QED) is 0.800. The molecule has 18 heavy (non-hydrogen) atoms. The molecule has 1 aliphatic carbocycles. The van der Waals surface area contributed by atoms with Gasteiger partial charge in [0.1, 0.15) is 0 Å². The first-order chi connectivity index (χ1) is 8.65. The van der Waals surface area contributed by atoms with Crippen LogP contribution in [0, 0.1) is 12.8 Å². The van der Waals surface area contributed by atoms with Gasteiger partial charge in [-0.05, 0) is 55.1 Å². The fourth-order valence-electron chi connectivity index (χ4n) is 2.58. The summed E-state index contributed by atoms with van der Waals surface area (Å²) >= 11 is 3.69. The third-order valence-corrected chi connectivity index (χ3v) is 5.05. The Hall–Kier alpha value is -0.350. The molecule has 1 saturated carbocycles. The minimum atomic E-state index is 0.933. The molecule has 3 nitrogen and oxygen atoms in total. The second-order valence-electron chi connectivity index (χ2n) is 5.29. The summed E-state index contributed by atoms with van der Waals surface area (Å²) in [5.74, 6) is 0.933. The molecule has 0 unspecified atom stereocenters. The molecule has 102 valence electrons. The lowest BCUT2D eigenvalue weighted by Gasteiger charge is -2.31. The third kappa shape index (κ3) is 2.97. The molecule has 1 heterocycles. The molecule has 1 aromatic heterocycles. The molecule has 0 atom stereocenters. The largest absolute Gasteiger partial charge is 0.297 e. The fourth-order valence-corrected chi connectivity index (χ4v) is 2.99. The van der Waals surface area contributed by atoms with Crippen LogP contribution in [-0.4, -0.2) is 27.8 Å². The minimum absolute atomic E-state index is 0.933. The molecule has 0 aliphatic heterocycles. The van der Waals surface area contributed by atoms with Crippen LogP contribution in [0.5, 0.6) is 0 Å². The lowest BCUT2D eigenvalue weighted by molar-refractivity contribution is 0.174. The highest BCUT2D eigenvalue weighted by Gasteiger charge is 2.22. The highest BCUT2D eigenvalue weighted by molar-refractivity contribution is 9.10. The first-order valence-electron chi connectivity index (χ1n) is 7.09. The molecule has 0 amide bonds. The normalized spacial score (nSPS) is 16.3. The summed E-state index contributed by atoms with van der Waals surface area (Å²) in [7, 11) is 0. The third-order valence-electron chi connectivity index (χ3n) is 4.01. The summed E-state index contributed by atoms with van der Waals surface area (Å²) in [4.78, 5) is 2.55. The van der Waals surface area contributed by atoms with E-state index in [2.05, 4.69) is 51.4 Å². The summed E-state index contributed by atoms with van der Waals surface area (Å²) in [5.41, 5.74) is 2.43. The van der Waals surface area contributed by atoms with Crippen LogP contribution >= 0.6 is 15.9 Å². The maximum Gasteiger partial charge on any atom is 0.0739 e. The van der Waals surface area contributed by atoms with E-state index in [1.165, 1.54) is 36.0 Å². The van der Waals surface area contributed by atoms with Crippen LogP contribution < -0.4 is 0 Å². The van der Waals surface area contributed by atoms with E-state index in [1.54, 1.807) is 0 Å². The highest BCUT2D eigenvalue weighted by Crippen LogP contribution is 2.28. The number of rotatable bonds is 6. The molecule has 0 aromatic carbocycles. The molecule has 4 heteroatoms. The maximum atomic E-state index is 4.57. The van der Waals surface area contributed by atoms with Gasteiger partial charge in [-0.3, -0.25) is 9.58 Å². The zero-order valence-corrected chi connectivity index (χ0v) is 13.3. The molecular weight excluding hydrogens is 290 g/mol. The molecular formula is C14H24BrN3. The molecule has 0 saturated heterocycles. The van der Waals surface area contributed by atoms with E-state index in [1.807, 2.05) is 0 Å². The van der Waals surface area contributed by atoms with Gasteiger partial charge in [-0.15, -0.1) is 0 Å². The number of aromatic nitrogens is 2. The SMILES string of the molecule is CCN(Cc1c(Br)c(C)nn1CC)CC1CCC1. The molecule has 2 rings (SSSR count). The van der Waals surface area contributed by atoms with Gasteiger partial charge in [-0.2, -0.15) is 5.10 Å². The van der Waals surface area contributed by atoms with Crippen LogP contribution in [0.15, 0.2) is 4.47 Å². The van der Waals surface area contributed by atoms with Crippen LogP contribution in [0.2, 0.25) is 0 Å². The Morgan fingerprint density at radius 1 is 1.39 bits per heavy atom. The summed E-state index contributed by atoms with van der Waals surface area (Å²) in [5, 5.41) is 4.57. The van der Waals surface area contributed by atoms with Crippen molar-refractivity contribution in [1.29, 1.82) is 0 Å². The van der Waals surface area contributed by atoms with E-state index < -0.39 is 0 Å². The first kappa shape index (κ1) is 14.1. The van der Waals surface area contributed by atoms with E-state index in [-0.39, 0.29) is 0 Å². The molecule has 0 radical (unpaired) electrons. The Kier molecular flexibility index (Phi) is 4.84. The number of hydrogen-bond acceptors (Lipinski definition) is 2. The van der Waals surface area contributed by atoms with Gasteiger partial charge in [0.15, 0.2) is 0 Å². The monoisotopic (exact) mass is 313 g/mol. The summed E-state index contributed by atoms with van der Waals surface area (Å²) in [6, 6.07) is 0. The van der Waals surface area contributed by atoms with Crippen molar-refractivity contribution in [3.05, 3.63) is 15.9 Å². The van der Waals surface area contributed by atoms with E-state index in [4.69, 9.17) is 0 Å². The molecule has 1 aromatic rings. The number of halogens is 1. The molecule has 0 spiro atoms. The van der Waals surface area contributed by atoms with Crippen molar-refractivity contribution in [1.82, 2.24) is 14.7 Å². The van der Waals surface area contributed by atoms with Gasteiger partial charge in [0.25, 0.3) is 0 Å². The van der Waals surface area contributed by atoms with Crippen molar-refractivity contribution in [3.63, 3.8) is 0 Å². The highest BCUT2D eigenvalue weighted by atomic mass is 79.9. The molecule has 1 aliphatic rings. The van der Waals surface area contributed by atoms with E-state index in [0.29, 0.717) is 0 Å². The Balaban J connectivity index is 2.05. The van der Waals surface area contributed by atoms with Crippen molar-refractivity contribution < 1.29 is 0 Å². The van der Waals surface area contributed by atoms with Crippen molar-refractivity contribution in [3.8, 4) is 0 Å². The summed E-state index contributed by atoms with van der Waals surface area (Å²) in [6.07, 6.45) is 4.27. The molecule has 0 bridgehead atoms. The fraction of sp³-hybridized carbons (Fsp3) is 0.786. The molecule has 0 N–H and O–H groups in total. The van der Waals surface area contributed by atoms with Gasteiger partial charge in [0.05, 0.1) is 15.9 Å². The number of hydrogen-bond donors (Lipinski definition) is 0. The van der Waals surface area contributed by atoms with Gasteiger partial charge in [-0.1, -0.05) is 13.3 Å². The van der Waals surface area contributed by atoms with E-state index >= 15 is 0 Å². The Morgan fingerprint density at radius 3 is 2.61 bits per heavy atom. The Morgan fingerprint density at radius 2 is 2.11 bits per heavy atom. The van der Waals surface area contributed by atoms with Crippen LogP contribution in [0.1, 0.15) is 44.5 Å². The lowest BCUT2D eigenvalue weighted by atomic mass is 9.85.